The van der Waals surface area contributed by atoms with Gasteiger partial charge in [-0.2, -0.15) is 0 Å². The molecule has 0 radical (unpaired) electrons. The van der Waals surface area contributed by atoms with Crippen LogP contribution in [-0.2, 0) is 4.74 Å². The molecule has 2 heterocycles. The van der Waals surface area contributed by atoms with Gasteiger partial charge in [-0.3, -0.25) is 15.4 Å². The number of benzene rings is 1. The van der Waals surface area contributed by atoms with E-state index in [-0.39, 0.29) is 5.69 Å². The molecule has 0 spiro atoms. The number of hydrogen-bond donors (Lipinski definition) is 2. The van der Waals surface area contributed by atoms with Crippen molar-refractivity contribution in [3.05, 3.63) is 46.8 Å². The van der Waals surface area contributed by atoms with E-state index in [1.165, 1.54) is 24.5 Å². The Morgan fingerprint density at radius 1 is 1.20 bits per heavy atom. The number of aromatic nitrogens is 2. The van der Waals surface area contributed by atoms with E-state index < -0.39 is 11.0 Å². The number of carbonyl (C=O) groups excluding carboxylic acids is 1. The topological polar surface area (TPSA) is 123 Å². The van der Waals surface area contributed by atoms with Crippen LogP contribution in [0.15, 0.2) is 36.7 Å². The summed E-state index contributed by atoms with van der Waals surface area (Å²) in [6.45, 7) is 2.69. The van der Waals surface area contributed by atoms with Crippen LogP contribution in [0, 0.1) is 10.1 Å². The first-order chi connectivity index (χ1) is 12.1. The number of amides is 2. The van der Waals surface area contributed by atoms with Crippen molar-refractivity contribution in [2.24, 2.45) is 0 Å². The molecule has 0 aliphatic carbocycles. The molecule has 1 fully saturated rings. The molecule has 1 aromatic carbocycles. The van der Waals surface area contributed by atoms with Gasteiger partial charge >= 0.3 is 6.03 Å². The Labute approximate surface area is 143 Å². The highest BCUT2D eigenvalue weighted by Gasteiger charge is 2.14. The number of ether oxygens (including phenoxy) is 1. The molecule has 10 nitrogen and oxygen atoms in total. The van der Waals surface area contributed by atoms with Crippen molar-refractivity contribution in [1.29, 1.82) is 0 Å². The molecule has 2 amide bonds. The molecule has 2 aromatic rings. The summed E-state index contributed by atoms with van der Waals surface area (Å²) in [6.07, 6.45) is 1.37. The number of carbonyl (C=O) groups is 1. The number of nitro groups is 1. The molecule has 1 aromatic heterocycles. The van der Waals surface area contributed by atoms with Crippen LogP contribution in [0.5, 0.6) is 0 Å². The molecular weight excluding hydrogens is 328 g/mol. The van der Waals surface area contributed by atoms with E-state index in [0.29, 0.717) is 30.5 Å². The van der Waals surface area contributed by atoms with Crippen LogP contribution in [-0.4, -0.2) is 47.2 Å². The maximum absolute atomic E-state index is 12.1. The van der Waals surface area contributed by atoms with Crippen molar-refractivity contribution in [3.8, 4) is 0 Å². The maximum Gasteiger partial charge on any atom is 0.324 e. The SMILES string of the molecule is O=C(Nc1cccc([N+](=O)[O-])c1)Nc1cc(N2CCOCC2)ncn1. The minimum Gasteiger partial charge on any atom is -0.378 e. The number of urea groups is 1. The Morgan fingerprint density at radius 3 is 2.76 bits per heavy atom. The predicted octanol–water partition coefficient (Wildman–Crippen LogP) is 1.87. The highest BCUT2D eigenvalue weighted by atomic mass is 16.6. The Kier molecular flexibility index (Phi) is 5.00. The lowest BCUT2D eigenvalue weighted by molar-refractivity contribution is -0.384. The number of nitro benzene ring substituents is 1. The van der Waals surface area contributed by atoms with Gasteiger partial charge in [0.15, 0.2) is 0 Å². The van der Waals surface area contributed by atoms with Crippen LogP contribution in [0.25, 0.3) is 0 Å². The summed E-state index contributed by atoms with van der Waals surface area (Å²) in [4.78, 5) is 32.6. The van der Waals surface area contributed by atoms with Crippen LogP contribution >= 0.6 is 0 Å². The van der Waals surface area contributed by atoms with Gasteiger partial charge in [-0.05, 0) is 6.07 Å². The Balaban J connectivity index is 1.64. The van der Waals surface area contributed by atoms with Gasteiger partial charge in [-0.25, -0.2) is 14.8 Å². The van der Waals surface area contributed by atoms with E-state index in [2.05, 4.69) is 20.6 Å². The number of morpholine rings is 1. The lowest BCUT2D eigenvalue weighted by atomic mass is 10.3. The third kappa shape index (κ3) is 4.38. The Bertz CT molecular complexity index is 778. The number of anilines is 3. The Morgan fingerprint density at radius 2 is 2.00 bits per heavy atom. The van der Waals surface area contributed by atoms with Crippen LogP contribution in [0.1, 0.15) is 0 Å². The third-order valence-electron chi connectivity index (χ3n) is 3.54. The van der Waals surface area contributed by atoms with Gasteiger partial charge in [0, 0.05) is 37.0 Å². The molecule has 1 aliphatic rings. The van der Waals surface area contributed by atoms with Gasteiger partial charge in [0.25, 0.3) is 5.69 Å². The zero-order valence-electron chi connectivity index (χ0n) is 13.2. The second-order valence-corrected chi connectivity index (χ2v) is 5.25. The zero-order chi connectivity index (χ0) is 17.6. The summed E-state index contributed by atoms with van der Waals surface area (Å²) in [5.41, 5.74) is 0.212. The minimum absolute atomic E-state index is 0.102. The predicted molar refractivity (Wildman–Crippen MR) is 90.8 cm³/mol. The molecule has 0 saturated carbocycles. The normalized spacial score (nSPS) is 14.0. The Hall–Kier alpha value is -3.27. The molecule has 25 heavy (non-hydrogen) atoms. The number of rotatable bonds is 4. The lowest BCUT2D eigenvalue weighted by Crippen LogP contribution is -2.36. The molecule has 1 saturated heterocycles. The van der Waals surface area contributed by atoms with Crippen molar-refractivity contribution in [2.45, 2.75) is 0 Å². The highest BCUT2D eigenvalue weighted by molar-refractivity contribution is 5.99. The van der Waals surface area contributed by atoms with E-state index in [1.54, 1.807) is 12.1 Å². The second kappa shape index (κ2) is 7.53. The fourth-order valence-corrected chi connectivity index (χ4v) is 2.36. The molecule has 3 rings (SSSR count). The van der Waals surface area contributed by atoms with Crippen molar-refractivity contribution in [1.82, 2.24) is 9.97 Å². The van der Waals surface area contributed by atoms with Gasteiger partial charge in [0.05, 0.1) is 18.1 Å². The molecule has 10 heteroatoms. The average Bonchev–Trinajstić information content (AvgIpc) is 2.63. The second-order valence-electron chi connectivity index (χ2n) is 5.25. The smallest absolute Gasteiger partial charge is 0.324 e. The fraction of sp³-hybridized carbons (Fsp3) is 0.267. The monoisotopic (exact) mass is 344 g/mol. The summed E-state index contributed by atoms with van der Waals surface area (Å²) in [5.74, 6) is 1.03. The summed E-state index contributed by atoms with van der Waals surface area (Å²) in [5, 5.41) is 15.9. The first kappa shape index (κ1) is 16.6. The molecule has 0 bridgehead atoms. The third-order valence-corrected chi connectivity index (χ3v) is 3.54. The fourth-order valence-electron chi connectivity index (χ4n) is 2.36. The van der Waals surface area contributed by atoms with E-state index in [4.69, 9.17) is 4.74 Å². The van der Waals surface area contributed by atoms with Gasteiger partial charge < -0.3 is 15.0 Å². The largest absolute Gasteiger partial charge is 0.378 e. The highest BCUT2D eigenvalue weighted by Crippen LogP contribution is 2.18. The quantitative estimate of drug-likeness (QED) is 0.641. The summed E-state index contributed by atoms with van der Waals surface area (Å²) < 4.78 is 5.30. The molecule has 0 unspecified atom stereocenters. The van der Waals surface area contributed by atoms with Crippen molar-refractivity contribution in [2.75, 3.05) is 41.8 Å². The minimum atomic E-state index is -0.549. The van der Waals surface area contributed by atoms with Crippen molar-refractivity contribution in [3.63, 3.8) is 0 Å². The van der Waals surface area contributed by atoms with Crippen LogP contribution in [0.3, 0.4) is 0 Å². The number of nitrogens with one attached hydrogen (secondary N) is 2. The van der Waals surface area contributed by atoms with E-state index in [9.17, 15) is 14.9 Å². The molecule has 130 valence electrons. The van der Waals surface area contributed by atoms with Crippen LogP contribution in [0.2, 0.25) is 0 Å². The van der Waals surface area contributed by atoms with Crippen LogP contribution in [0.4, 0.5) is 27.8 Å². The van der Waals surface area contributed by atoms with E-state index >= 15 is 0 Å². The average molecular weight is 344 g/mol. The van der Waals surface area contributed by atoms with E-state index in [1.807, 2.05) is 4.90 Å². The molecular formula is C15H16N6O4. The molecule has 2 N–H and O–H groups in total. The maximum atomic E-state index is 12.1. The van der Waals surface area contributed by atoms with Gasteiger partial charge in [-0.1, -0.05) is 6.07 Å². The summed E-state index contributed by atoms with van der Waals surface area (Å²) in [7, 11) is 0. The first-order valence-corrected chi connectivity index (χ1v) is 7.59. The zero-order valence-corrected chi connectivity index (χ0v) is 13.2. The van der Waals surface area contributed by atoms with Crippen molar-refractivity contribution < 1.29 is 14.5 Å². The van der Waals surface area contributed by atoms with Gasteiger partial charge in [0.2, 0.25) is 0 Å². The van der Waals surface area contributed by atoms with Crippen LogP contribution < -0.4 is 15.5 Å². The number of hydrogen-bond acceptors (Lipinski definition) is 7. The summed E-state index contributed by atoms with van der Waals surface area (Å²) >= 11 is 0. The number of non-ortho nitro benzene ring substituents is 1. The number of nitrogens with zero attached hydrogens (tertiary/aromatic N) is 4. The first-order valence-electron chi connectivity index (χ1n) is 7.59. The van der Waals surface area contributed by atoms with E-state index in [0.717, 1.165) is 13.1 Å². The molecule has 1 aliphatic heterocycles. The standard InChI is InChI=1S/C15H16N6O4/c22-15(18-11-2-1-3-12(8-11)21(23)24)19-13-9-14(17-10-16-13)20-4-6-25-7-5-20/h1-3,8-10H,4-7H2,(H2,16,17,18,19,22). The van der Waals surface area contributed by atoms with Crippen molar-refractivity contribution >= 4 is 29.0 Å². The molecule has 0 atom stereocenters. The lowest BCUT2D eigenvalue weighted by Gasteiger charge is -2.27. The summed E-state index contributed by atoms with van der Waals surface area (Å²) in [6, 6.07) is 6.80. The van der Waals surface area contributed by atoms with Gasteiger partial charge in [0.1, 0.15) is 18.0 Å². The van der Waals surface area contributed by atoms with Gasteiger partial charge in [-0.15, -0.1) is 0 Å².